The normalized spacial score (nSPS) is 16.2. The predicted molar refractivity (Wildman–Crippen MR) is 103 cm³/mol. The van der Waals surface area contributed by atoms with Crippen LogP contribution in [-0.2, 0) is 17.5 Å². The van der Waals surface area contributed by atoms with Gasteiger partial charge < -0.3 is 4.90 Å². The van der Waals surface area contributed by atoms with E-state index in [1.54, 1.807) is 0 Å². The first-order valence-corrected chi connectivity index (χ1v) is 9.38. The maximum absolute atomic E-state index is 13.6. The van der Waals surface area contributed by atoms with E-state index in [-0.39, 0.29) is 12.2 Å². The van der Waals surface area contributed by atoms with Gasteiger partial charge >= 0.3 is 12.2 Å². The first-order valence-electron chi connectivity index (χ1n) is 8.59. The van der Waals surface area contributed by atoms with Crippen LogP contribution in [0.2, 0.25) is 0 Å². The van der Waals surface area contributed by atoms with Crippen molar-refractivity contribution in [1.82, 2.24) is 4.90 Å². The van der Waals surface area contributed by atoms with Crippen LogP contribution in [0.4, 0.5) is 28.0 Å². The molecule has 1 saturated heterocycles. The second kappa shape index (κ2) is 7.40. The van der Waals surface area contributed by atoms with Crippen LogP contribution in [0.5, 0.6) is 0 Å². The number of imide groups is 1. The molecule has 0 unspecified atom stereocenters. The quantitative estimate of drug-likeness (QED) is 0.443. The van der Waals surface area contributed by atoms with Crippen molar-refractivity contribution in [3.8, 4) is 6.07 Å². The van der Waals surface area contributed by atoms with Crippen LogP contribution in [0.25, 0.3) is 0 Å². The van der Waals surface area contributed by atoms with Crippen molar-refractivity contribution in [3.63, 3.8) is 0 Å². The summed E-state index contributed by atoms with van der Waals surface area (Å²) in [4.78, 5) is 27.8. The number of nitrogens with zero attached hydrogens (tertiary/aromatic N) is 3. The molecule has 1 aliphatic rings. The van der Waals surface area contributed by atoms with E-state index in [1.807, 2.05) is 0 Å². The molecule has 3 amide bonds. The minimum Gasteiger partial charge on any atom is -0.305 e. The van der Waals surface area contributed by atoms with Crippen molar-refractivity contribution < 1.29 is 27.2 Å². The van der Waals surface area contributed by atoms with Gasteiger partial charge in [0, 0.05) is 11.0 Å². The predicted octanol–water partition coefficient (Wildman–Crippen LogP) is 5.23. The van der Waals surface area contributed by atoms with Crippen molar-refractivity contribution in [2.45, 2.75) is 32.1 Å². The van der Waals surface area contributed by atoms with E-state index in [0.717, 1.165) is 17.0 Å². The maximum atomic E-state index is 13.6. The molecule has 30 heavy (non-hydrogen) atoms. The number of nitriles is 1. The first kappa shape index (κ1) is 21.8. The number of hydrogen-bond acceptors (Lipinski definition) is 3. The standard InChI is InChI=1S/C20H14BrF4N3O2/c1-19(2)17(29)28(14-5-3-11(9-26)15(8-14)20(23,24)25)18(30)27(19)10-12-7-13(22)4-6-16(12)21/h3-8H,10H2,1-2H3. The molecule has 0 aliphatic carbocycles. The summed E-state index contributed by atoms with van der Waals surface area (Å²) in [5, 5.41) is 8.94. The summed E-state index contributed by atoms with van der Waals surface area (Å²) < 4.78 is 54.0. The number of hydrogen-bond donors (Lipinski definition) is 0. The monoisotopic (exact) mass is 483 g/mol. The number of carbonyl (C=O) groups is 2. The molecule has 10 heteroatoms. The van der Waals surface area contributed by atoms with E-state index >= 15 is 0 Å². The minimum absolute atomic E-state index is 0.144. The zero-order valence-electron chi connectivity index (χ0n) is 15.7. The molecule has 0 radical (unpaired) electrons. The number of carbonyl (C=O) groups excluding carboxylic acids is 2. The largest absolute Gasteiger partial charge is 0.417 e. The van der Waals surface area contributed by atoms with Gasteiger partial charge in [0.1, 0.15) is 11.4 Å². The lowest BCUT2D eigenvalue weighted by molar-refractivity contribution is -0.137. The lowest BCUT2D eigenvalue weighted by Crippen LogP contribution is -2.43. The van der Waals surface area contributed by atoms with Crippen molar-refractivity contribution in [3.05, 3.63) is 63.4 Å². The second-order valence-corrected chi connectivity index (χ2v) is 8.00. The van der Waals surface area contributed by atoms with Crippen LogP contribution in [0.15, 0.2) is 40.9 Å². The molecule has 0 saturated carbocycles. The van der Waals surface area contributed by atoms with Gasteiger partial charge in [-0.05, 0) is 55.8 Å². The van der Waals surface area contributed by atoms with E-state index < -0.39 is 40.6 Å². The highest BCUT2D eigenvalue weighted by molar-refractivity contribution is 9.10. The molecule has 3 rings (SSSR count). The van der Waals surface area contributed by atoms with Gasteiger partial charge in [0.2, 0.25) is 0 Å². The molecule has 0 bridgehead atoms. The van der Waals surface area contributed by atoms with Crippen molar-refractivity contribution in [2.75, 3.05) is 4.90 Å². The minimum atomic E-state index is -4.84. The van der Waals surface area contributed by atoms with Gasteiger partial charge in [-0.3, -0.25) is 4.79 Å². The second-order valence-electron chi connectivity index (χ2n) is 7.14. The Hall–Kier alpha value is -2.93. The van der Waals surface area contributed by atoms with Gasteiger partial charge in [-0.2, -0.15) is 18.4 Å². The van der Waals surface area contributed by atoms with Gasteiger partial charge in [-0.25, -0.2) is 14.1 Å². The first-order chi connectivity index (χ1) is 13.9. The Morgan fingerprint density at radius 2 is 1.80 bits per heavy atom. The number of urea groups is 1. The molecule has 0 spiro atoms. The Morgan fingerprint density at radius 1 is 1.13 bits per heavy atom. The zero-order chi connectivity index (χ0) is 22.4. The van der Waals surface area contributed by atoms with Gasteiger partial charge in [-0.15, -0.1) is 0 Å². The number of alkyl halides is 3. The van der Waals surface area contributed by atoms with Crippen molar-refractivity contribution >= 4 is 33.6 Å². The summed E-state index contributed by atoms with van der Waals surface area (Å²) in [5.41, 5.74) is -3.17. The molecule has 2 aromatic rings. The molecule has 0 N–H and O–H groups in total. The maximum Gasteiger partial charge on any atom is 0.417 e. The zero-order valence-corrected chi connectivity index (χ0v) is 17.3. The number of halogens is 5. The highest BCUT2D eigenvalue weighted by Gasteiger charge is 2.52. The summed E-state index contributed by atoms with van der Waals surface area (Å²) in [6.07, 6.45) is -4.84. The smallest absolute Gasteiger partial charge is 0.305 e. The topological polar surface area (TPSA) is 64.4 Å². The SMILES string of the molecule is CC1(C)C(=O)N(c2ccc(C#N)c(C(F)(F)F)c2)C(=O)N1Cc1cc(F)ccc1Br. The average Bonchev–Trinajstić information content (AvgIpc) is 2.83. The molecule has 0 aromatic heterocycles. The van der Waals surface area contributed by atoms with Gasteiger partial charge in [0.05, 0.1) is 22.9 Å². The van der Waals surface area contributed by atoms with Crippen LogP contribution in [-0.4, -0.2) is 22.4 Å². The molecule has 0 atom stereocenters. The third-order valence-corrected chi connectivity index (χ3v) is 5.62. The molecule has 156 valence electrons. The molecule has 1 heterocycles. The van der Waals surface area contributed by atoms with Crippen LogP contribution in [0.3, 0.4) is 0 Å². The average molecular weight is 484 g/mol. The Balaban J connectivity index is 2.04. The summed E-state index contributed by atoms with van der Waals surface area (Å²) in [5.74, 6) is -1.28. The van der Waals surface area contributed by atoms with E-state index in [4.69, 9.17) is 5.26 Å². The summed E-state index contributed by atoms with van der Waals surface area (Å²) >= 11 is 3.26. The number of anilines is 1. The molecular formula is C20H14BrF4N3O2. The Labute approximate surface area is 177 Å². The van der Waals surface area contributed by atoms with Crippen molar-refractivity contribution in [1.29, 1.82) is 5.26 Å². The van der Waals surface area contributed by atoms with Crippen LogP contribution in [0.1, 0.15) is 30.5 Å². The molecule has 1 aliphatic heterocycles. The van der Waals surface area contributed by atoms with Gasteiger partial charge in [-0.1, -0.05) is 15.9 Å². The summed E-state index contributed by atoms with van der Waals surface area (Å²) in [6.45, 7) is 2.76. The fraction of sp³-hybridized carbons (Fsp3) is 0.250. The van der Waals surface area contributed by atoms with Crippen LogP contribution in [0, 0.1) is 17.1 Å². The molecular weight excluding hydrogens is 470 g/mol. The Kier molecular flexibility index (Phi) is 5.37. The number of amides is 3. The molecule has 5 nitrogen and oxygen atoms in total. The van der Waals surface area contributed by atoms with E-state index in [1.165, 1.54) is 38.1 Å². The highest BCUT2D eigenvalue weighted by atomic mass is 79.9. The Bertz CT molecular complexity index is 1090. The van der Waals surface area contributed by atoms with E-state index in [9.17, 15) is 27.2 Å². The van der Waals surface area contributed by atoms with Gasteiger partial charge in [0.15, 0.2) is 0 Å². The molecule has 1 fully saturated rings. The third kappa shape index (κ3) is 3.65. The summed E-state index contributed by atoms with van der Waals surface area (Å²) in [7, 11) is 0. The fourth-order valence-electron chi connectivity index (χ4n) is 3.17. The van der Waals surface area contributed by atoms with E-state index in [0.29, 0.717) is 21.0 Å². The van der Waals surface area contributed by atoms with E-state index in [2.05, 4.69) is 15.9 Å². The lowest BCUT2D eigenvalue weighted by Gasteiger charge is -2.28. The number of benzene rings is 2. The van der Waals surface area contributed by atoms with Crippen molar-refractivity contribution in [2.24, 2.45) is 0 Å². The van der Waals surface area contributed by atoms with Crippen LogP contribution >= 0.6 is 15.9 Å². The number of rotatable bonds is 3. The fourth-order valence-corrected chi connectivity index (χ4v) is 3.54. The Morgan fingerprint density at radius 3 is 2.40 bits per heavy atom. The summed E-state index contributed by atoms with van der Waals surface area (Å²) in [6, 6.07) is 7.10. The lowest BCUT2D eigenvalue weighted by atomic mass is 10.0. The van der Waals surface area contributed by atoms with Gasteiger partial charge in [0.25, 0.3) is 5.91 Å². The highest BCUT2D eigenvalue weighted by Crippen LogP contribution is 2.38. The van der Waals surface area contributed by atoms with Crippen LogP contribution < -0.4 is 4.90 Å². The molecule has 2 aromatic carbocycles. The third-order valence-electron chi connectivity index (χ3n) is 4.85.